The van der Waals surface area contributed by atoms with Gasteiger partial charge in [0.15, 0.2) is 0 Å². The topological polar surface area (TPSA) is 60.9 Å². The summed E-state index contributed by atoms with van der Waals surface area (Å²) >= 11 is 0. The number of rotatable bonds is 3. The SMILES string of the molecule is CN(C)C(=O)CN1CCC2(CC1)CN(S(C)(=O)=O)c1ccccc12. The summed E-state index contributed by atoms with van der Waals surface area (Å²) in [5.74, 6) is 0.107. The fraction of sp³-hybridized carbons (Fsp3) is 0.588. The van der Waals surface area contributed by atoms with Crippen molar-refractivity contribution < 1.29 is 13.2 Å². The Bertz CT molecular complexity index is 737. The summed E-state index contributed by atoms with van der Waals surface area (Å²) < 4.78 is 25.9. The minimum absolute atomic E-state index is 0.107. The van der Waals surface area contributed by atoms with E-state index in [2.05, 4.69) is 11.0 Å². The lowest BCUT2D eigenvalue weighted by atomic mass is 9.74. The molecule has 0 aromatic heterocycles. The number of hydrogen-bond donors (Lipinski definition) is 0. The first-order valence-corrected chi connectivity index (χ1v) is 10.1. The van der Waals surface area contributed by atoms with E-state index in [1.807, 2.05) is 18.2 Å². The largest absolute Gasteiger partial charge is 0.348 e. The van der Waals surface area contributed by atoms with Crippen LogP contribution in [0.5, 0.6) is 0 Å². The number of sulfonamides is 1. The minimum atomic E-state index is -3.28. The van der Waals surface area contributed by atoms with Crippen molar-refractivity contribution in [1.82, 2.24) is 9.80 Å². The first-order valence-electron chi connectivity index (χ1n) is 8.23. The molecule has 24 heavy (non-hydrogen) atoms. The number of hydrogen-bond acceptors (Lipinski definition) is 4. The van der Waals surface area contributed by atoms with Crippen LogP contribution in [0, 0.1) is 0 Å². The van der Waals surface area contributed by atoms with Crippen LogP contribution in [0.4, 0.5) is 5.69 Å². The maximum atomic E-state index is 12.2. The van der Waals surface area contributed by atoms with Gasteiger partial charge >= 0.3 is 0 Å². The van der Waals surface area contributed by atoms with Gasteiger partial charge < -0.3 is 4.90 Å². The lowest BCUT2D eigenvalue weighted by molar-refractivity contribution is -0.130. The monoisotopic (exact) mass is 351 g/mol. The molecule has 1 saturated heterocycles. The van der Waals surface area contributed by atoms with Crippen LogP contribution >= 0.6 is 0 Å². The van der Waals surface area contributed by atoms with E-state index in [0.29, 0.717) is 13.1 Å². The standard InChI is InChI=1S/C17H25N3O3S/c1-18(2)16(21)12-19-10-8-17(9-11-19)13-20(24(3,22)23)15-7-5-4-6-14(15)17/h4-7H,8-13H2,1-3H3. The van der Waals surface area contributed by atoms with E-state index < -0.39 is 10.0 Å². The predicted octanol–water partition coefficient (Wildman–Crippen LogP) is 0.888. The lowest BCUT2D eigenvalue weighted by Gasteiger charge is -2.39. The second-order valence-corrected chi connectivity index (χ2v) is 9.04. The van der Waals surface area contributed by atoms with Gasteiger partial charge in [-0.1, -0.05) is 18.2 Å². The molecule has 0 N–H and O–H groups in total. The first kappa shape index (κ1) is 17.2. The number of nitrogens with zero attached hydrogens (tertiary/aromatic N) is 3. The third kappa shape index (κ3) is 3.02. The third-order valence-electron chi connectivity index (χ3n) is 5.26. The fourth-order valence-electron chi connectivity index (χ4n) is 3.78. The predicted molar refractivity (Wildman–Crippen MR) is 94.7 cm³/mol. The molecule has 1 spiro atoms. The maximum Gasteiger partial charge on any atom is 0.236 e. The summed E-state index contributed by atoms with van der Waals surface area (Å²) in [7, 11) is 0.262. The highest BCUT2D eigenvalue weighted by Crippen LogP contribution is 2.47. The van der Waals surface area contributed by atoms with Crippen LogP contribution in [0.1, 0.15) is 18.4 Å². The van der Waals surface area contributed by atoms with E-state index in [-0.39, 0.29) is 11.3 Å². The number of carbonyl (C=O) groups excluding carboxylic acids is 1. The van der Waals surface area contributed by atoms with E-state index in [1.165, 1.54) is 6.26 Å². The highest BCUT2D eigenvalue weighted by Gasteiger charge is 2.46. The number of benzene rings is 1. The third-order valence-corrected chi connectivity index (χ3v) is 6.39. The fourth-order valence-corrected chi connectivity index (χ4v) is 4.78. The normalized spacial score (nSPS) is 20.2. The van der Waals surface area contributed by atoms with E-state index in [9.17, 15) is 13.2 Å². The van der Waals surface area contributed by atoms with Gasteiger partial charge in [-0.25, -0.2) is 8.42 Å². The molecule has 1 amide bonds. The molecule has 2 aliphatic heterocycles. The molecule has 0 atom stereocenters. The number of anilines is 1. The Labute approximate surface area is 144 Å². The summed E-state index contributed by atoms with van der Waals surface area (Å²) in [6, 6.07) is 7.82. The molecule has 2 heterocycles. The molecule has 1 aromatic rings. The van der Waals surface area contributed by atoms with Gasteiger partial charge in [-0.15, -0.1) is 0 Å². The molecule has 2 aliphatic rings. The van der Waals surface area contributed by atoms with Crippen LogP contribution in [-0.2, 0) is 20.2 Å². The smallest absolute Gasteiger partial charge is 0.236 e. The van der Waals surface area contributed by atoms with Crippen molar-refractivity contribution in [3.8, 4) is 0 Å². The van der Waals surface area contributed by atoms with Gasteiger partial charge in [0, 0.05) is 26.1 Å². The van der Waals surface area contributed by atoms with Gasteiger partial charge in [-0.2, -0.15) is 0 Å². The maximum absolute atomic E-state index is 12.2. The molecular weight excluding hydrogens is 326 g/mol. The van der Waals surface area contributed by atoms with E-state index >= 15 is 0 Å². The Balaban J connectivity index is 1.80. The molecule has 0 radical (unpaired) electrons. The van der Waals surface area contributed by atoms with Crippen molar-refractivity contribution in [3.63, 3.8) is 0 Å². The first-order chi connectivity index (χ1) is 11.2. The summed E-state index contributed by atoms with van der Waals surface area (Å²) in [5, 5.41) is 0. The summed E-state index contributed by atoms with van der Waals surface area (Å²) in [5.41, 5.74) is 1.82. The molecule has 3 rings (SSSR count). The van der Waals surface area contributed by atoms with Crippen LogP contribution in [0.2, 0.25) is 0 Å². The molecule has 0 aliphatic carbocycles. The molecule has 0 bridgehead atoms. The molecule has 0 saturated carbocycles. The highest BCUT2D eigenvalue weighted by molar-refractivity contribution is 7.92. The molecular formula is C17H25N3O3S. The summed E-state index contributed by atoms with van der Waals surface area (Å²) in [6.07, 6.45) is 3.02. The van der Waals surface area contributed by atoms with Gasteiger partial charge in [0.2, 0.25) is 15.9 Å². The van der Waals surface area contributed by atoms with Gasteiger partial charge in [0.25, 0.3) is 0 Å². The van der Waals surface area contributed by atoms with Crippen LogP contribution in [0.25, 0.3) is 0 Å². The lowest BCUT2D eigenvalue weighted by Crippen LogP contribution is -2.48. The van der Waals surface area contributed by atoms with Crippen molar-refractivity contribution in [3.05, 3.63) is 29.8 Å². The Morgan fingerprint density at radius 3 is 2.42 bits per heavy atom. The summed E-state index contributed by atoms with van der Waals surface area (Å²) in [6.45, 7) is 2.57. The van der Waals surface area contributed by atoms with Crippen LogP contribution in [0.15, 0.2) is 24.3 Å². The van der Waals surface area contributed by atoms with E-state index in [4.69, 9.17) is 0 Å². The van der Waals surface area contributed by atoms with Gasteiger partial charge in [0.1, 0.15) is 0 Å². The summed E-state index contributed by atoms with van der Waals surface area (Å²) in [4.78, 5) is 15.7. The molecule has 7 heteroatoms. The molecule has 132 valence electrons. The Morgan fingerprint density at radius 2 is 1.83 bits per heavy atom. The number of likely N-dealkylation sites (N-methyl/N-ethyl adjacent to an activating group) is 1. The van der Waals surface area contributed by atoms with Crippen LogP contribution < -0.4 is 4.31 Å². The van der Waals surface area contributed by atoms with E-state index in [1.54, 1.807) is 23.3 Å². The average Bonchev–Trinajstić information content (AvgIpc) is 2.85. The van der Waals surface area contributed by atoms with Gasteiger partial charge in [-0.3, -0.25) is 14.0 Å². The number of carbonyl (C=O) groups is 1. The number of likely N-dealkylation sites (tertiary alicyclic amines) is 1. The average molecular weight is 351 g/mol. The zero-order chi connectivity index (χ0) is 17.5. The highest BCUT2D eigenvalue weighted by atomic mass is 32.2. The molecule has 6 nitrogen and oxygen atoms in total. The Hall–Kier alpha value is -1.60. The number of piperidine rings is 1. The quantitative estimate of drug-likeness (QED) is 0.811. The Kier molecular flexibility index (Phi) is 4.34. The molecule has 1 aromatic carbocycles. The zero-order valence-corrected chi connectivity index (χ0v) is 15.3. The minimum Gasteiger partial charge on any atom is -0.348 e. The second-order valence-electron chi connectivity index (χ2n) is 7.13. The van der Waals surface area contributed by atoms with Crippen molar-refractivity contribution in [2.45, 2.75) is 18.3 Å². The molecule has 0 unspecified atom stereocenters. The van der Waals surface area contributed by atoms with Crippen molar-refractivity contribution in [1.29, 1.82) is 0 Å². The van der Waals surface area contributed by atoms with Crippen LogP contribution in [0.3, 0.4) is 0 Å². The second kappa shape index (κ2) is 6.04. The van der Waals surface area contributed by atoms with Crippen molar-refractivity contribution >= 4 is 21.6 Å². The molecule has 1 fully saturated rings. The van der Waals surface area contributed by atoms with Gasteiger partial charge in [0.05, 0.1) is 18.5 Å². The number of fused-ring (bicyclic) bond motifs is 2. The zero-order valence-electron chi connectivity index (χ0n) is 14.5. The van der Waals surface area contributed by atoms with Gasteiger partial charge in [-0.05, 0) is 37.6 Å². The number of para-hydroxylation sites is 1. The van der Waals surface area contributed by atoms with Crippen molar-refractivity contribution in [2.75, 3.05) is 50.8 Å². The van der Waals surface area contributed by atoms with E-state index in [0.717, 1.165) is 37.2 Å². The van der Waals surface area contributed by atoms with Crippen LogP contribution in [-0.4, -0.2) is 70.7 Å². The number of amides is 1. The Morgan fingerprint density at radius 1 is 1.21 bits per heavy atom. The van der Waals surface area contributed by atoms with Crippen molar-refractivity contribution in [2.24, 2.45) is 0 Å².